The first kappa shape index (κ1) is 14.2. The lowest BCUT2D eigenvalue weighted by molar-refractivity contribution is 0.318. The van der Waals surface area contributed by atoms with E-state index in [0.29, 0.717) is 10.6 Å². The molecule has 2 rings (SSSR count). The van der Waals surface area contributed by atoms with Crippen molar-refractivity contribution >= 4 is 45.1 Å². The van der Waals surface area contributed by atoms with Gasteiger partial charge in [-0.25, -0.2) is 0 Å². The van der Waals surface area contributed by atoms with Crippen LogP contribution in [0.15, 0.2) is 61.9 Å². The summed E-state index contributed by atoms with van der Waals surface area (Å²) in [6.07, 6.45) is 0. The highest BCUT2D eigenvalue weighted by Crippen LogP contribution is 2.37. The smallest absolute Gasteiger partial charge is 0.170 e. The standard InChI is InChI=1S/C13H10BrClN2OS/c14-9-3-1-2-4-11(9)19-12-6-5-8(7-10(12)15)13(16)17-18/h1-7,18H,(H2,16,17). The van der Waals surface area contributed by atoms with Crippen molar-refractivity contribution < 1.29 is 5.21 Å². The summed E-state index contributed by atoms with van der Waals surface area (Å²) in [4.78, 5) is 1.98. The molecule has 0 spiro atoms. The molecule has 0 atom stereocenters. The van der Waals surface area contributed by atoms with Gasteiger partial charge in [0, 0.05) is 19.8 Å². The highest BCUT2D eigenvalue weighted by atomic mass is 79.9. The predicted molar refractivity (Wildman–Crippen MR) is 82.2 cm³/mol. The van der Waals surface area contributed by atoms with Gasteiger partial charge >= 0.3 is 0 Å². The quantitative estimate of drug-likeness (QED) is 0.371. The fraction of sp³-hybridized carbons (Fsp3) is 0. The molecule has 0 saturated carbocycles. The molecule has 0 aliphatic heterocycles. The molecule has 0 heterocycles. The molecule has 3 nitrogen and oxygen atoms in total. The Kier molecular flexibility index (Phi) is 4.74. The van der Waals surface area contributed by atoms with Gasteiger partial charge in [0.15, 0.2) is 5.84 Å². The lowest BCUT2D eigenvalue weighted by Crippen LogP contribution is -2.12. The minimum absolute atomic E-state index is 0.0411. The Morgan fingerprint density at radius 1 is 1.21 bits per heavy atom. The van der Waals surface area contributed by atoms with Gasteiger partial charge in [-0.1, -0.05) is 40.7 Å². The number of nitrogens with two attached hydrogens (primary N) is 1. The Morgan fingerprint density at radius 2 is 1.95 bits per heavy atom. The number of benzene rings is 2. The second-order valence-corrected chi connectivity index (χ2v) is 6.01. The van der Waals surface area contributed by atoms with Crippen molar-refractivity contribution in [2.45, 2.75) is 9.79 Å². The number of hydrogen-bond donors (Lipinski definition) is 2. The van der Waals surface area contributed by atoms with Gasteiger partial charge in [-0.05, 0) is 46.3 Å². The normalized spacial score (nSPS) is 11.6. The maximum absolute atomic E-state index is 8.63. The Balaban J connectivity index is 2.30. The first-order chi connectivity index (χ1) is 9.11. The van der Waals surface area contributed by atoms with E-state index in [1.54, 1.807) is 23.9 Å². The lowest BCUT2D eigenvalue weighted by Gasteiger charge is -2.07. The van der Waals surface area contributed by atoms with E-state index in [1.807, 2.05) is 30.3 Å². The largest absolute Gasteiger partial charge is 0.409 e. The van der Waals surface area contributed by atoms with Crippen LogP contribution in [0.1, 0.15) is 5.56 Å². The molecule has 98 valence electrons. The number of halogens is 2. The first-order valence-electron chi connectivity index (χ1n) is 5.31. The fourth-order valence-corrected chi connectivity index (χ4v) is 3.11. The van der Waals surface area contributed by atoms with Crippen LogP contribution in [0.4, 0.5) is 0 Å². The molecule has 0 radical (unpaired) electrons. The molecule has 0 bridgehead atoms. The van der Waals surface area contributed by atoms with Gasteiger partial charge in [0.2, 0.25) is 0 Å². The molecule has 3 N–H and O–H groups in total. The van der Waals surface area contributed by atoms with Gasteiger partial charge in [-0.15, -0.1) is 0 Å². The number of nitrogens with zero attached hydrogens (tertiary/aromatic N) is 1. The molecule has 0 aliphatic carbocycles. The zero-order chi connectivity index (χ0) is 13.8. The number of hydrogen-bond acceptors (Lipinski definition) is 3. The minimum Gasteiger partial charge on any atom is -0.409 e. The van der Waals surface area contributed by atoms with Crippen molar-refractivity contribution in [1.82, 2.24) is 0 Å². The van der Waals surface area contributed by atoms with Crippen LogP contribution in [-0.2, 0) is 0 Å². The van der Waals surface area contributed by atoms with Crippen molar-refractivity contribution in [2.24, 2.45) is 10.9 Å². The van der Waals surface area contributed by atoms with Crippen LogP contribution in [0.2, 0.25) is 5.02 Å². The van der Waals surface area contributed by atoms with E-state index < -0.39 is 0 Å². The summed E-state index contributed by atoms with van der Waals surface area (Å²) in [5.74, 6) is 0.0411. The Bertz CT molecular complexity index is 634. The highest BCUT2D eigenvalue weighted by Gasteiger charge is 2.08. The van der Waals surface area contributed by atoms with Crippen LogP contribution in [0.3, 0.4) is 0 Å². The van der Waals surface area contributed by atoms with E-state index in [0.717, 1.165) is 14.3 Å². The third kappa shape index (κ3) is 3.43. The molecule has 0 aliphatic rings. The molecule has 2 aromatic rings. The third-order valence-corrected chi connectivity index (χ3v) is 4.92. The molecular formula is C13H10BrClN2OS. The first-order valence-corrected chi connectivity index (χ1v) is 7.30. The summed E-state index contributed by atoms with van der Waals surface area (Å²) < 4.78 is 1.01. The van der Waals surface area contributed by atoms with Crippen molar-refractivity contribution in [3.8, 4) is 0 Å². The van der Waals surface area contributed by atoms with Gasteiger partial charge in [-0.3, -0.25) is 0 Å². The lowest BCUT2D eigenvalue weighted by atomic mass is 10.2. The van der Waals surface area contributed by atoms with Gasteiger partial charge in [0.1, 0.15) is 0 Å². The van der Waals surface area contributed by atoms with Gasteiger partial charge in [0.05, 0.1) is 5.02 Å². The van der Waals surface area contributed by atoms with E-state index in [1.165, 1.54) is 0 Å². The summed E-state index contributed by atoms with van der Waals surface area (Å²) in [5.41, 5.74) is 6.10. The second kappa shape index (κ2) is 6.32. The van der Waals surface area contributed by atoms with Crippen LogP contribution < -0.4 is 5.73 Å². The summed E-state index contributed by atoms with van der Waals surface area (Å²) in [7, 11) is 0. The van der Waals surface area contributed by atoms with E-state index in [9.17, 15) is 0 Å². The molecule has 0 saturated heterocycles. The number of amidine groups is 1. The summed E-state index contributed by atoms with van der Waals surface area (Å²) >= 11 is 11.2. The van der Waals surface area contributed by atoms with E-state index in [2.05, 4.69) is 21.1 Å². The summed E-state index contributed by atoms with van der Waals surface area (Å²) in [5, 5.41) is 12.1. The maximum atomic E-state index is 8.63. The number of rotatable bonds is 3. The topological polar surface area (TPSA) is 58.6 Å². The fourth-order valence-electron chi connectivity index (χ4n) is 1.45. The van der Waals surface area contributed by atoms with Gasteiger partial charge < -0.3 is 10.9 Å². The SMILES string of the molecule is NC(=NO)c1ccc(Sc2ccccc2Br)c(Cl)c1. The molecule has 19 heavy (non-hydrogen) atoms. The van der Waals surface area contributed by atoms with Crippen LogP contribution >= 0.6 is 39.3 Å². The molecule has 6 heteroatoms. The van der Waals surface area contributed by atoms with Crippen molar-refractivity contribution in [1.29, 1.82) is 0 Å². The Hall–Kier alpha value is -1.17. The minimum atomic E-state index is 0.0411. The molecule has 2 aromatic carbocycles. The van der Waals surface area contributed by atoms with Gasteiger partial charge in [0.25, 0.3) is 0 Å². The average Bonchev–Trinajstić information content (AvgIpc) is 2.42. The average molecular weight is 358 g/mol. The molecule has 0 unspecified atom stereocenters. The molecule has 0 aromatic heterocycles. The summed E-state index contributed by atoms with van der Waals surface area (Å²) in [6, 6.07) is 13.2. The monoisotopic (exact) mass is 356 g/mol. The third-order valence-electron chi connectivity index (χ3n) is 2.39. The van der Waals surface area contributed by atoms with Crippen molar-refractivity contribution in [3.05, 3.63) is 57.5 Å². The second-order valence-electron chi connectivity index (χ2n) is 3.66. The summed E-state index contributed by atoms with van der Waals surface area (Å²) in [6.45, 7) is 0. The molecule has 0 fully saturated rings. The van der Waals surface area contributed by atoms with E-state index >= 15 is 0 Å². The molecule has 0 amide bonds. The van der Waals surface area contributed by atoms with Crippen LogP contribution in [0.25, 0.3) is 0 Å². The Morgan fingerprint density at radius 3 is 2.58 bits per heavy atom. The number of oxime groups is 1. The van der Waals surface area contributed by atoms with Crippen molar-refractivity contribution in [2.75, 3.05) is 0 Å². The van der Waals surface area contributed by atoms with Crippen LogP contribution in [-0.4, -0.2) is 11.0 Å². The molecular weight excluding hydrogens is 348 g/mol. The van der Waals surface area contributed by atoms with Crippen LogP contribution in [0, 0.1) is 0 Å². The highest BCUT2D eigenvalue weighted by molar-refractivity contribution is 9.10. The predicted octanol–water partition coefficient (Wildman–Crippen LogP) is 4.35. The zero-order valence-corrected chi connectivity index (χ0v) is 12.8. The van der Waals surface area contributed by atoms with Crippen LogP contribution in [0.5, 0.6) is 0 Å². The Labute approximate surface area is 128 Å². The zero-order valence-electron chi connectivity index (χ0n) is 9.68. The van der Waals surface area contributed by atoms with Gasteiger partial charge in [-0.2, -0.15) is 0 Å². The maximum Gasteiger partial charge on any atom is 0.170 e. The van der Waals surface area contributed by atoms with E-state index in [4.69, 9.17) is 22.5 Å². The van der Waals surface area contributed by atoms with E-state index in [-0.39, 0.29) is 5.84 Å². The van der Waals surface area contributed by atoms with Crippen molar-refractivity contribution in [3.63, 3.8) is 0 Å².